The number of hydrogen-bond acceptors (Lipinski definition) is 3. The lowest BCUT2D eigenvalue weighted by molar-refractivity contribution is -0.0385. The molecule has 1 heterocycles. The van der Waals surface area contributed by atoms with Crippen molar-refractivity contribution >= 4 is 10.8 Å². The molecule has 0 N–H and O–H groups in total. The molecule has 5 rings (SSSR count). The molecule has 1 fully saturated rings. The second kappa shape index (κ2) is 7.14. The molecule has 0 saturated heterocycles. The van der Waals surface area contributed by atoms with Crippen LogP contribution in [0, 0.1) is 0 Å². The van der Waals surface area contributed by atoms with E-state index in [1.54, 1.807) is 14.2 Å². The third kappa shape index (κ3) is 2.77. The van der Waals surface area contributed by atoms with E-state index in [0.717, 1.165) is 17.9 Å². The minimum Gasteiger partial charge on any atom is -0.493 e. The molecule has 144 valence electrons. The van der Waals surface area contributed by atoms with Crippen LogP contribution in [0.15, 0.2) is 54.6 Å². The second-order valence-corrected chi connectivity index (χ2v) is 7.85. The number of methoxy groups -OCH3 is 2. The molecular formula is C25H26O3. The summed E-state index contributed by atoms with van der Waals surface area (Å²) in [5.41, 5.74) is 3.82. The molecule has 3 heteroatoms. The van der Waals surface area contributed by atoms with Gasteiger partial charge in [-0.1, -0.05) is 55.3 Å². The fraction of sp³-hybridized carbons (Fsp3) is 0.360. The van der Waals surface area contributed by atoms with Crippen molar-refractivity contribution < 1.29 is 14.2 Å². The van der Waals surface area contributed by atoms with Crippen molar-refractivity contribution in [3.63, 3.8) is 0 Å². The Morgan fingerprint density at radius 2 is 1.50 bits per heavy atom. The van der Waals surface area contributed by atoms with Crippen molar-refractivity contribution in [2.24, 2.45) is 0 Å². The van der Waals surface area contributed by atoms with E-state index in [-0.39, 0.29) is 12.2 Å². The Hall–Kier alpha value is -2.52. The van der Waals surface area contributed by atoms with Gasteiger partial charge in [0.15, 0.2) is 11.5 Å². The zero-order valence-electron chi connectivity index (χ0n) is 16.5. The first kappa shape index (κ1) is 17.6. The Bertz CT molecular complexity index is 1000. The first-order valence-electron chi connectivity index (χ1n) is 10.2. The predicted octanol–water partition coefficient (Wildman–Crippen LogP) is 6.00. The molecule has 3 aromatic carbocycles. The molecule has 3 atom stereocenters. The predicted molar refractivity (Wildman–Crippen MR) is 111 cm³/mol. The van der Waals surface area contributed by atoms with Crippen LogP contribution in [0.1, 0.15) is 54.4 Å². The summed E-state index contributed by atoms with van der Waals surface area (Å²) in [6, 6.07) is 19.4. The topological polar surface area (TPSA) is 27.7 Å². The van der Waals surface area contributed by atoms with Gasteiger partial charge in [-0.2, -0.15) is 0 Å². The van der Waals surface area contributed by atoms with Gasteiger partial charge in [0.05, 0.1) is 20.3 Å². The van der Waals surface area contributed by atoms with E-state index in [1.165, 1.54) is 46.7 Å². The summed E-state index contributed by atoms with van der Waals surface area (Å²) in [7, 11) is 3.41. The summed E-state index contributed by atoms with van der Waals surface area (Å²) in [6.07, 6.45) is 4.99. The van der Waals surface area contributed by atoms with Crippen molar-refractivity contribution in [2.75, 3.05) is 14.2 Å². The fourth-order valence-corrected chi connectivity index (χ4v) is 5.04. The van der Waals surface area contributed by atoms with Crippen LogP contribution in [0.3, 0.4) is 0 Å². The molecule has 28 heavy (non-hydrogen) atoms. The van der Waals surface area contributed by atoms with Crippen LogP contribution in [-0.4, -0.2) is 20.3 Å². The Balaban J connectivity index is 1.73. The van der Waals surface area contributed by atoms with E-state index < -0.39 is 0 Å². The molecule has 0 bridgehead atoms. The van der Waals surface area contributed by atoms with Gasteiger partial charge in [-0.3, -0.25) is 0 Å². The number of ether oxygens (including phenoxy) is 3. The van der Waals surface area contributed by atoms with Gasteiger partial charge in [-0.05, 0) is 52.4 Å². The van der Waals surface area contributed by atoms with E-state index in [2.05, 4.69) is 54.6 Å². The fourth-order valence-electron chi connectivity index (χ4n) is 5.04. The molecule has 3 aromatic rings. The highest BCUT2D eigenvalue weighted by Gasteiger charge is 2.39. The van der Waals surface area contributed by atoms with Gasteiger partial charge < -0.3 is 14.2 Å². The summed E-state index contributed by atoms with van der Waals surface area (Å²) in [5.74, 6) is 2.02. The minimum absolute atomic E-state index is 0.0831. The second-order valence-electron chi connectivity index (χ2n) is 7.85. The smallest absolute Gasteiger partial charge is 0.161 e. The maximum atomic E-state index is 6.79. The molecule has 0 spiro atoms. The molecule has 0 aromatic heterocycles. The Morgan fingerprint density at radius 3 is 2.32 bits per heavy atom. The van der Waals surface area contributed by atoms with Gasteiger partial charge in [-0.25, -0.2) is 0 Å². The minimum atomic E-state index is -0.0831. The van der Waals surface area contributed by atoms with Crippen molar-refractivity contribution in [2.45, 2.75) is 43.8 Å². The number of rotatable bonds is 3. The average molecular weight is 374 g/mol. The van der Waals surface area contributed by atoms with E-state index >= 15 is 0 Å². The lowest BCUT2D eigenvalue weighted by Gasteiger charge is -2.42. The van der Waals surface area contributed by atoms with Crippen LogP contribution in [-0.2, 0) is 4.74 Å². The SMILES string of the molecule is COc1cc2c(cc1OC)[C@H]1CCCC[C@H]1O[C@H]2c1cccc2ccccc12. The summed E-state index contributed by atoms with van der Waals surface area (Å²) >= 11 is 0. The quantitative estimate of drug-likeness (QED) is 0.562. The zero-order valence-corrected chi connectivity index (χ0v) is 16.5. The Morgan fingerprint density at radius 1 is 0.786 bits per heavy atom. The van der Waals surface area contributed by atoms with Crippen LogP contribution in [0.5, 0.6) is 11.5 Å². The third-order valence-electron chi connectivity index (χ3n) is 6.39. The number of benzene rings is 3. The van der Waals surface area contributed by atoms with Gasteiger partial charge in [0, 0.05) is 5.92 Å². The van der Waals surface area contributed by atoms with Gasteiger partial charge in [0.25, 0.3) is 0 Å². The highest BCUT2D eigenvalue weighted by atomic mass is 16.5. The van der Waals surface area contributed by atoms with E-state index in [0.29, 0.717) is 5.92 Å². The molecule has 1 aliphatic heterocycles. The van der Waals surface area contributed by atoms with E-state index in [9.17, 15) is 0 Å². The monoisotopic (exact) mass is 374 g/mol. The highest BCUT2D eigenvalue weighted by molar-refractivity contribution is 5.86. The lowest BCUT2D eigenvalue weighted by atomic mass is 9.75. The number of fused-ring (bicyclic) bond motifs is 4. The van der Waals surface area contributed by atoms with E-state index in [1.807, 2.05) is 0 Å². The van der Waals surface area contributed by atoms with Crippen LogP contribution < -0.4 is 9.47 Å². The molecule has 0 amide bonds. The van der Waals surface area contributed by atoms with Gasteiger partial charge in [0.1, 0.15) is 6.10 Å². The molecule has 3 nitrogen and oxygen atoms in total. The van der Waals surface area contributed by atoms with Gasteiger partial charge in [0.2, 0.25) is 0 Å². The summed E-state index contributed by atoms with van der Waals surface area (Å²) in [4.78, 5) is 0. The molecule has 0 unspecified atom stereocenters. The van der Waals surface area contributed by atoms with Crippen molar-refractivity contribution in [3.8, 4) is 11.5 Å². The normalized spacial score (nSPS) is 23.7. The van der Waals surface area contributed by atoms with Crippen LogP contribution in [0.4, 0.5) is 0 Å². The van der Waals surface area contributed by atoms with Gasteiger partial charge in [-0.15, -0.1) is 0 Å². The van der Waals surface area contributed by atoms with Crippen LogP contribution in [0.2, 0.25) is 0 Å². The van der Waals surface area contributed by atoms with Crippen LogP contribution in [0.25, 0.3) is 10.8 Å². The third-order valence-corrected chi connectivity index (χ3v) is 6.39. The Labute approximate surface area is 166 Å². The summed E-state index contributed by atoms with van der Waals surface area (Å²) in [6.45, 7) is 0. The van der Waals surface area contributed by atoms with Crippen LogP contribution >= 0.6 is 0 Å². The van der Waals surface area contributed by atoms with E-state index in [4.69, 9.17) is 14.2 Å². The average Bonchev–Trinajstić information content (AvgIpc) is 2.77. The van der Waals surface area contributed by atoms with Gasteiger partial charge >= 0.3 is 0 Å². The lowest BCUT2D eigenvalue weighted by Crippen LogP contribution is -2.33. The maximum Gasteiger partial charge on any atom is 0.161 e. The molecule has 0 radical (unpaired) electrons. The molecule has 1 saturated carbocycles. The maximum absolute atomic E-state index is 6.79. The standard InChI is InChI=1S/C25H26O3/c1-26-23-14-20-18-11-5-6-13-22(18)28-25(21(20)15-24(23)27-2)19-12-7-9-16-8-3-4-10-17(16)19/h3-4,7-10,12,14-15,18,22,25H,5-6,11,13H2,1-2H3/t18-,22-,25+/m1/s1. The largest absolute Gasteiger partial charge is 0.493 e. The van der Waals surface area contributed by atoms with Crippen molar-refractivity contribution in [3.05, 3.63) is 71.3 Å². The zero-order chi connectivity index (χ0) is 19.1. The van der Waals surface area contributed by atoms with Crippen molar-refractivity contribution in [1.29, 1.82) is 0 Å². The molecule has 2 aliphatic rings. The number of hydrogen-bond donors (Lipinski definition) is 0. The summed E-state index contributed by atoms with van der Waals surface area (Å²) in [5, 5.41) is 2.50. The highest BCUT2D eigenvalue weighted by Crippen LogP contribution is 2.50. The molecule has 1 aliphatic carbocycles. The Kier molecular flexibility index (Phi) is 4.48. The summed E-state index contributed by atoms with van der Waals surface area (Å²) < 4.78 is 18.0. The molecular weight excluding hydrogens is 348 g/mol. The van der Waals surface area contributed by atoms with Crippen molar-refractivity contribution in [1.82, 2.24) is 0 Å². The first-order chi connectivity index (χ1) is 13.8. The first-order valence-corrected chi connectivity index (χ1v) is 10.2.